The minimum Gasteiger partial charge on any atom is -0.421 e. The van der Waals surface area contributed by atoms with Crippen LogP contribution in [0.3, 0.4) is 0 Å². The number of nitrogens with one attached hydrogen (secondary N) is 1. The second-order valence-electron chi connectivity index (χ2n) is 6.09. The first kappa shape index (κ1) is 17.2. The van der Waals surface area contributed by atoms with Gasteiger partial charge in [-0.15, -0.1) is 10.2 Å². The number of aryl methyl sites for hydroxylation is 1. The molecule has 0 bridgehead atoms. The molecule has 0 saturated heterocycles. The molecule has 5 nitrogen and oxygen atoms in total. The zero-order valence-electron chi connectivity index (χ0n) is 14.4. The third kappa shape index (κ3) is 3.99. The summed E-state index contributed by atoms with van der Waals surface area (Å²) in [5.41, 5.74) is 1.44. The summed E-state index contributed by atoms with van der Waals surface area (Å²) < 4.78 is 5.62. The van der Waals surface area contributed by atoms with Gasteiger partial charge < -0.3 is 9.73 Å². The van der Waals surface area contributed by atoms with E-state index < -0.39 is 0 Å². The first-order chi connectivity index (χ1) is 13.2. The van der Waals surface area contributed by atoms with Crippen molar-refractivity contribution in [2.75, 3.05) is 5.32 Å². The van der Waals surface area contributed by atoms with E-state index in [1.807, 2.05) is 60.7 Å². The molecule has 0 radical (unpaired) electrons. The first-order valence-electron chi connectivity index (χ1n) is 8.55. The molecule has 4 aromatic rings. The average molecular weight is 378 g/mol. The van der Waals surface area contributed by atoms with Crippen LogP contribution in [0, 0.1) is 0 Å². The van der Waals surface area contributed by atoms with Crippen LogP contribution >= 0.6 is 11.6 Å². The Bertz CT molecular complexity index is 1110. The van der Waals surface area contributed by atoms with Crippen LogP contribution in [0.25, 0.3) is 22.2 Å². The smallest absolute Gasteiger partial charge is 0.249 e. The molecule has 27 heavy (non-hydrogen) atoms. The monoisotopic (exact) mass is 377 g/mol. The zero-order valence-corrected chi connectivity index (χ0v) is 15.1. The summed E-state index contributed by atoms with van der Waals surface area (Å²) in [5.74, 6) is 0.645. The summed E-state index contributed by atoms with van der Waals surface area (Å²) in [7, 11) is 0. The summed E-state index contributed by atoms with van der Waals surface area (Å²) in [6, 6.07) is 21.1. The van der Waals surface area contributed by atoms with Crippen LogP contribution in [0.1, 0.15) is 12.3 Å². The lowest BCUT2D eigenvalue weighted by Crippen LogP contribution is -2.12. The summed E-state index contributed by atoms with van der Waals surface area (Å²) in [5, 5.41) is 13.7. The van der Waals surface area contributed by atoms with Gasteiger partial charge in [0, 0.05) is 18.5 Å². The van der Waals surface area contributed by atoms with Gasteiger partial charge in [0.25, 0.3) is 0 Å². The van der Waals surface area contributed by atoms with Gasteiger partial charge >= 0.3 is 0 Å². The number of rotatable bonds is 5. The van der Waals surface area contributed by atoms with E-state index in [2.05, 4.69) is 15.5 Å². The predicted octanol–water partition coefficient (Wildman–Crippen LogP) is 5.11. The van der Waals surface area contributed by atoms with Crippen molar-refractivity contribution < 1.29 is 9.21 Å². The van der Waals surface area contributed by atoms with E-state index in [-0.39, 0.29) is 12.3 Å². The van der Waals surface area contributed by atoms with Gasteiger partial charge in [0.2, 0.25) is 17.7 Å². The van der Waals surface area contributed by atoms with Gasteiger partial charge in [-0.3, -0.25) is 4.79 Å². The first-order valence-corrected chi connectivity index (χ1v) is 8.93. The predicted molar refractivity (Wildman–Crippen MR) is 106 cm³/mol. The Hall–Kier alpha value is -3.18. The lowest BCUT2D eigenvalue weighted by molar-refractivity contribution is -0.116. The lowest BCUT2D eigenvalue weighted by atomic mass is 10.1. The molecule has 0 aliphatic rings. The number of amides is 1. The average Bonchev–Trinajstić information content (AvgIpc) is 3.15. The molecule has 134 valence electrons. The molecule has 6 heteroatoms. The minimum absolute atomic E-state index is 0.109. The Morgan fingerprint density at radius 1 is 0.963 bits per heavy atom. The van der Waals surface area contributed by atoms with Crippen LogP contribution in [-0.4, -0.2) is 16.1 Å². The van der Waals surface area contributed by atoms with Crippen molar-refractivity contribution in [2.45, 2.75) is 12.8 Å². The van der Waals surface area contributed by atoms with Crippen molar-refractivity contribution in [3.63, 3.8) is 0 Å². The quantitative estimate of drug-likeness (QED) is 0.524. The van der Waals surface area contributed by atoms with Crippen molar-refractivity contribution in [1.29, 1.82) is 0 Å². The number of nitrogens with zero attached hydrogens (tertiary/aromatic N) is 2. The second kappa shape index (κ2) is 7.60. The number of carbonyl (C=O) groups excluding carboxylic acids is 1. The minimum atomic E-state index is -0.109. The van der Waals surface area contributed by atoms with E-state index in [4.69, 9.17) is 16.0 Å². The maximum Gasteiger partial charge on any atom is 0.249 e. The highest BCUT2D eigenvalue weighted by Gasteiger charge is 2.13. The highest BCUT2D eigenvalue weighted by molar-refractivity contribution is 6.33. The van der Waals surface area contributed by atoms with Crippen molar-refractivity contribution >= 4 is 34.0 Å². The largest absolute Gasteiger partial charge is 0.421 e. The number of benzene rings is 3. The molecule has 0 atom stereocenters. The van der Waals surface area contributed by atoms with Crippen molar-refractivity contribution in [3.05, 3.63) is 77.6 Å². The fraction of sp³-hybridized carbons (Fsp3) is 0.0952. The van der Waals surface area contributed by atoms with E-state index in [1.54, 1.807) is 6.07 Å². The van der Waals surface area contributed by atoms with E-state index in [0.29, 0.717) is 28.8 Å². The molecule has 1 N–H and O–H groups in total. The SMILES string of the molecule is O=C(CCc1nnc(-c2ccccc2Cl)o1)Nc1ccc2ccccc2c1. The highest BCUT2D eigenvalue weighted by atomic mass is 35.5. The molecule has 1 heterocycles. The Labute approximate surface area is 161 Å². The number of hydrogen-bond acceptors (Lipinski definition) is 4. The third-order valence-electron chi connectivity index (χ3n) is 4.17. The molecule has 0 unspecified atom stereocenters. The second-order valence-corrected chi connectivity index (χ2v) is 6.50. The molecule has 0 aliphatic heterocycles. The van der Waals surface area contributed by atoms with Crippen LogP contribution < -0.4 is 5.32 Å². The fourth-order valence-electron chi connectivity index (χ4n) is 2.81. The van der Waals surface area contributed by atoms with Crippen molar-refractivity contribution in [1.82, 2.24) is 10.2 Å². The number of halogens is 1. The summed E-state index contributed by atoms with van der Waals surface area (Å²) in [4.78, 5) is 12.2. The van der Waals surface area contributed by atoms with Gasteiger partial charge in [0.1, 0.15) is 0 Å². The van der Waals surface area contributed by atoms with Crippen LogP contribution in [0.15, 0.2) is 71.1 Å². The summed E-state index contributed by atoms with van der Waals surface area (Å²) >= 11 is 6.14. The molecular weight excluding hydrogens is 362 g/mol. The molecule has 0 fully saturated rings. The summed E-state index contributed by atoms with van der Waals surface area (Å²) in [6.45, 7) is 0. The lowest BCUT2D eigenvalue weighted by Gasteiger charge is -2.06. The number of aromatic nitrogens is 2. The van der Waals surface area contributed by atoms with Gasteiger partial charge in [0.15, 0.2) is 0 Å². The van der Waals surface area contributed by atoms with Gasteiger partial charge in [-0.05, 0) is 35.0 Å². The Morgan fingerprint density at radius 3 is 2.59 bits per heavy atom. The Balaban J connectivity index is 1.38. The van der Waals surface area contributed by atoms with Crippen LogP contribution in [0.5, 0.6) is 0 Å². The van der Waals surface area contributed by atoms with Crippen molar-refractivity contribution in [3.8, 4) is 11.5 Å². The van der Waals surface area contributed by atoms with Crippen LogP contribution in [0.4, 0.5) is 5.69 Å². The molecule has 0 saturated carbocycles. The molecular formula is C21H16ClN3O2. The van der Waals surface area contributed by atoms with Gasteiger partial charge in [-0.2, -0.15) is 0 Å². The maximum absolute atomic E-state index is 12.2. The van der Waals surface area contributed by atoms with E-state index in [1.165, 1.54) is 0 Å². The number of anilines is 1. The Kier molecular flexibility index (Phi) is 4.85. The normalized spacial score (nSPS) is 10.9. The van der Waals surface area contributed by atoms with Crippen LogP contribution in [0.2, 0.25) is 5.02 Å². The number of hydrogen-bond donors (Lipinski definition) is 1. The molecule has 3 aromatic carbocycles. The van der Waals surface area contributed by atoms with E-state index in [9.17, 15) is 4.79 Å². The number of fused-ring (bicyclic) bond motifs is 1. The zero-order chi connectivity index (χ0) is 18.6. The fourth-order valence-corrected chi connectivity index (χ4v) is 3.03. The van der Waals surface area contributed by atoms with E-state index in [0.717, 1.165) is 16.5 Å². The van der Waals surface area contributed by atoms with Crippen molar-refractivity contribution in [2.24, 2.45) is 0 Å². The van der Waals surface area contributed by atoms with Gasteiger partial charge in [-0.25, -0.2) is 0 Å². The number of carbonyl (C=O) groups is 1. The Morgan fingerprint density at radius 2 is 1.74 bits per heavy atom. The highest BCUT2D eigenvalue weighted by Crippen LogP contribution is 2.26. The molecule has 1 amide bonds. The molecule has 4 rings (SSSR count). The summed E-state index contributed by atoms with van der Waals surface area (Å²) in [6.07, 6.45) is 0.605. The third-order valence-corrected chi connectivity index (χ3v) is 4.50. The van der Waals surface area contributed by atoms with E-state index >= 15 is 0 Å². The van der Waals surface area contributed by atoms with Gasteiger partial charge in [-0.1, -0.05) is 54.1 Å². The molecule has 0 spiro atoms. The van der Waals surface area contributed by atoms with Crippen LogP contribution in [-0.2, 0) is 11.2 Å². The van der Waals surface area contributed by atoms with Gasteiger partial charge in [0.05, 0.1) is 10.6 Å². The molecule has 0 aliphatic carbocycles. The standard InChI is InChI=1S/C21H16ClN3O2/c22-18-8-4-3-7-17(18)21-25-24-20(27-21)12-11-19(26)23-16-10-9-14-5-1-2-6-15(14)13-16/h1-10,13H,11-12H2,(H,23,26). The topological polar surface area (TPSA) is 68.0 Å². The molecule has 1 aromatic heterocycles. The maximum atomic E-state index is 12.2.